The van der Waals surface area contributed by atoms with E-state index in [2.05, 4.69) is 37.2 Å². The summed E-state index contributed by atoms with van der Waals surface area (Å²) in [4.78, 5) is 36.8. The lowest BCUT2D eigenvalue weighted by Crippen LogP contribution is -2.38. The quantitative estimate of drug-likeness (QED) is 0.0769. The number of unbranched alkanes of at least 4 members (excludes halogenated alkanes) is 1. The van der Waals surface area contributed by atoms with Gasteiger partial charge in [-0.1, -0.05) is 50.6 Å². The molecule has 2 aliphatic rings. The van der Waals surface area contributed by atoms with Crippen LogP contribution in [0.25, 0.3) is 0 Å². The number of carbonyl (C=O) groups excluding carboxylic acids is 1. The first-order valence-corrected chi connectivity index (χ1v) is 19.3. The number of hydrogen-bond acceptors (Lipinski definition) is 7. The number of aromatic carboxylic acids is 1. The summed E-state index contributed by atoms with van der Waals surface area (Å²) in [5, 5.41) is 10.6. The highest BCUT2D eigenvalue weighted by Crippen LogP contribution is 2.50. The molecule has 0 saturated heterocycles. The predicted molar refractivity (Wildman–Crippen MR) is 205 cm³/mol. The molecule has 0 aliphatic carbocycles. The Morgan fingerprint density at radius 3 is 2.32 bits per heavy atom. The van der Waals surface area contributed by atoms with Gasteiger partial charge in [0.15, 0.2) is 5.71 Å². The summed E-state index contributed by atoms with van der Waals surface area (Å²) in [5.41, 5.74) is 4.76. The Morgan fingerprint density at radius 1 is 0.981 bits per heavy atom. The average molecular weight is 742 g/mol. The van der Waals surface area contributed by atoms with Crippen LogP contribution >= 0.6 is 0 Å². The molecular weight excluding hydrogens is 693 g/mol. The summed E-state index contributed by atoms with van der Waals surface area (Å²) in [6.45, 7) is 11.8. The van der Waals surface area contributed by atoms with Crippen LogP contribution in [0.4, 0.5) is 11.5 Å². The van der Waals surface area contributed by atoms with Gasteiger partial charge in [-0.25, -0.2) is 14.4 Å². The Balaban J connectivity index is 1.51. The van der Waals surface area contributed by atoms with E-state index in [1.54, 1.807) is 43.4 Å². The molecule has 11 nitrogen and oxygen atoms in total. The van der Waals surface area contributed by atoms with Crippen molar-refractivity contribution in [2.45, 2.75) is 82.6 Å². The second-order valence-electron chi connectivity index (χ2n) is 14.2. The van der Waals surface area contributed by atoms with Crippen LogP contribution in [0.1, 0.15) is 91.3 Å². The Morgan fingerprint density at radius 2 is 1.70 bits per heavy atom. The first-order valence-electron chi connectivity index (χ1n) is 17.8. The molecule has 2 N–H and O–H groups in total. The van der Waals surface area contributed by atoms with Gasteiger partial charge in [0.05, 0.1) is 40.7 Å². The van der Waals surface area contributed by atoms with Crippen molar-refractivity contribution in [2.75, 3.05) is 25.6 Å². The van der Waals surface area contributed by atoms with E-state index >= 15 is 0 Å². The molecule has 12 heteroatoms. The lowest BCUT2D eigenvalue weighted by Gasteiger charge is -2.30. The molecule has 0 saturated carbocycles. The minimum atomic E-state index is -4.45. The third kappa shape index (κ3) is 7.90. The number of carboxylic acids is 1. The number of fused-ring (bicyclic) bond motifs is 2. The summed E-state index contributed by atoms with van der Waals surface area (Å²) < 4.78 is 36.5. The zero-order chi connectivity index (χ0) is 38.7. The van der Waals surface area contributed by atoms with E-state index in [9.17, 15) is 27.7 Å². The van der Waals surface area contributed by atoms with Crippen LogP contribution in [0.3, 0.4) is 0 Å². The number of carboxylic acid groups (broad SMARTS) is 1. The SMILES string of the molecule is CCCC[n+]1cc(C(=O)N(C)OC)cc2c1N=C(/C=C/C=C/C=C1/N(CCC)c3ccc(S(=O)(=O)O)cc3C1(C)Cc1ccc(C(=O)O)cc1)C2(C)C. The maximum atomic E-state index is 13.1. The summed E-state index contributed by atoms with van der Waals surface area (Å²) in [5.74, 6) is -0.414. The Hall–Kier alpha value is -4.91. The van der Waals surface area contributed by atoms with E-state index in [1.165, 1.54) is 18.2 Å². The second-order valence-corrected chi connectivity index (χ2v) is 15.7. The molecule has 1 atom stereocenters. The molecule has 53 heavy (non-hydrogen) atoms. The molecule has 0 bridgehead atoms. The predicted octanol–water partition coefficient (Wildman–Crippen LogP) is 7.14. The number of hydroxylamine groups is 2. The van der Waals surface area contributed by atoms with Gasteiger partial charge >= 0.3 is 11.8 Å². The van der Waals surface area contributed by atoms with Gasteiger partial charge in [0.25, 0.3) is 16.0 Å². The highest BCUT2D eigenvalue weighted by Gasteiger charge is 2.45. The largest absolute Gasteiger partial charge is 0.478 e. The number of hydrogen-bond donors (Lipinski definition) is 2. The fraction of sp³-hybridized carbons (Fsp3) is 0.366. The third-order valence-electron chi connectivity index (χ3n) is 10.2. The molecule has 1 unspecified atom stereocenters. The Kier molecular flexibility index (Phi) is 11.6. The van der Waals surface area contributed by atoms with Crippen molar-refractivity contribution in [3.8, 4) is 0 Å². The molecule has 0 spiro atoms. The van der Waals surface area contributed by atoms with Gasteiger partial charge in [0, 0.05) is 30.4 Å². The van der Waals surface area contributed by atoms with Gasteiger partial charge in [-0.3, -0.25) is 14.2 Å². The number of aromatic nitrogens is 1. The standard InChI is InChI=1S/C41H48N4O7S/c1-8-10-23-44-27-30(38(46)43(6)52-7)24-33-37(44)42-35(40(33,3)4)14-12-11-13-15-36-41(5,26-28-16-18-29(19-17-28)39(47)48)32-25-31(53(49,50)51)20-21-34(32)45(36)22-9-2/h11-21,24-25,27H,8-10,22-23,26H2,1-7H3,(H-,47,48,49,50,51)/p+1. The molecule has 0 fully saturated rings. The van der Waals surface area contributed by atoms with E-state index in [0.29, 0.717) is 18.5 Å². The monoisotopic (exact) mass is 741 g/mol. The van der Waals surface area contributed by atoms with E-state index in [1.807, 2.05) is 49.6 Å². The number of carbonyl (C=O) groups is 2. The number of aryl methyl sites for hydroxylation is 1. The molecule has 1 aromatic heterocycles. The van der Waals surface area contributed by atoms with Gasteiger partial charge in [0.1, 0.15) is 6.20 Å². The van der Waals surface area contributed by atoms with E-state index < -0.39 is 26.9 Å². The maximum absolute atomic E-state index is 13.1. The van der Waals surface area contributed by atoms with Gasteiger partial charge in [-0.15, -0.1) is 0 Å². The molecule has 2 aliphatic heterocycles. The highest BCUT2D eigenvalue weighted by molar-refractivity contribution is 7.85. The van der Waals surface area contributed by atoms with Crippen LogP contribution in [0.2, 0.25) is 0 Å². The van der Waals surface area contributed by atoms with Crippen molar-refractivity contribution in [1.82, 2.24) is 5.06 Å². The molecule has 0 radical (unpaired) electrons. The van der Waals surface area contributed by atoms with Crippen molar-refractivity contribution in [3.63, 3.8) is 0 Å². The zero-order valence-electron chi connectivity index (χ0n) is 31.5. The van der Waals surface area contributed by atoms with Crippen molar-refractivity contribution < 1.29 is 37.1 Å². The number of nitrogens with zero attached hydrogens (tertiary/aromatic N) is 4. The number of benzene rings is 2. The summed E-state index contributed by atoms with van der Waals surface area (Å²) in [7, 11) is -1.40. The number of rotatable bonds is 14. The smallest absolute Gasteiger partial charge is 0.335 e. The summed E-state index contributed by atoms with van der Waals surface area (Å²) >= 11 is 0. The van der Waals surface area contributed by atoms with Crippen LogP contribution in [0.15, 0.2) is 101 Å². The minimum Gasteiger partial charge on any atom is -0.478 e. The van der Waals surface area contributed by atoms with Gasteiger partial charge in [-0.2, -0.15) is 8.42 Å². The first-order chi connectivity index (χ1) is 25.1. The fourth-order valence-corrected chi connectivity index (χ4v) is 7.62. The van der Waals surface area contributed by atoms with Crippen LogP contribution < -0.4 is 9.47 Å². The lowest BCUT2D eigenvalue weighted by molar-refractivity contribution is -0.684. The fourth-order valence-electron chi connectivity index (χ4n) is 7.12. The van der Waals surface area contributed by atoms with Crippen molar-refractivity contribution >= 4 is 39.2 Å². The molecule has 3 heterocycles. The maximum Gasteiger partial charge on any atom is 0.335 e. The van der Waals surface area contributed by atoms with E-state index in [-0.39, 0.29) is 16.4 Å². The van der Waals surface area contributed by atoms with E-state index in [0.717, 1.165) is 65.4 Å². The topological polar surface area (TPSA) is 141 Å². The summed E-state index contributed by atoms with van der Waals surface area (Å²) in [6, 6.07) is 13.3. The van der Waals surface area contributed by atoms with Crippen molar-refractivity contribution in [2.24, 2.45) is 4.99 Å². The second kappa shape index (κ2) is 15.6. The minimum absolute atomic E-state index is 0.180. The van der Waals surface area contributed by atoms with Crippen LogP contribution in [-0.4, -0.2) is 61.4 Å². The van der Waals surface area contributed by atoms with Gasteiger partial charge in [-0.05, 0) is 105 Å². The molecule has 280 valence electrons. The number of amides is 1. The normalized spacial score (nSPS) is 18.5. The average Bonchev–Trinajstić information content (AvgIpc) is 3.51. The van der Waals surface area contributed by atoms with Crippen molar-refractivity contribution in [3.05, 3.63) is 119 Å². The van der Waals surface area contributed by atoms with Gasteiger partial charge < -0.3 is 10.0 Å². The highest BCUT2D eigenvalue weighted by atomic mass is 32.2. The Labute approximate surface area is 312 Å². The molecule has 5 rings (SSSR count). The van der Waals surface area contributed by atoms with Crippen LogP contribution in [-0.2, 0) is 38.8 Å². The lowest BCUT2D eigenvalue weighted by atomic mass is 9.76. The molecule has 3 aromatic rings. The number of allylic oxidation sites excluding steroid dienone is 6. The van der Waals surface area contributed by atoms with Crippen molar-refractivity contribution in [1.29, 1.82) is 0 Å². The number of pyridine rings is 1. The number of anilines is 1. The van der Waals surface area contributed by atoms with Crippen LogP contribution in [0, 0.1) is 0 Å². The van der Waals surface area contributed by atoms with Crippen LogP contribution in [0.5, 0.6) is 0 Å². The molecule has 2 aromatic carbocycles. The molecular formula is C41H49N4O7S+. The number of aliphatic imine (C=N–C) groups is 1. The summed E-state index contributed by atoms with van der Waals surface area (Å²) in [6.07, 6.45) is 14.9. The van der Waals surface area contributed by atoms with E-state index in [4.69, 9.17) is 9.83 Å². The first kappa shape index (κ1) is 39.3. The Bertz CT molecular complexity index is 2140. The zero-order valence-corrected chi connectivity index (χ0v) is 32.3. The van der Waals surface area contributed by atoms with Gasteiger partial charge in [0.2, 0.25) is 0 Å². The third-order valence-corrected chi connectivity index (χ3v) is 11.0. The molecule has 1 amide bonds.